The standard InChI is InChI=1S/C25H25Cl2NO2/c1-25(13-11-19(26)12-14-25)23-22(18-9-6-10-20(27)16-18)30-21(24(29)28(23)2)15-17-7-4-3-5-8-17/h3-13,16,21-23H,14-15H2,1-2H3/t21-,22-,23-,25?/m0/s1. The van der Waals surface area contributed by atoms with E-state index < -0.39 is 6.10 Å². The number of nitrogens with zero attached hydrogens (tertiary/aromatic N) is 1. The fraction of sp³-hybridized carbons (Fsp3) is 0.320. The molecule has 1 saturated heterocycles. The number of allylic oxidation sites excluding steroid dienone is 3. The Morgan fingerprint density at radius 1 is 1.13 bits per heavy atom. The van der Waals surface area contributed by atoms with Crippen molar-refractivity contribution in [2.75, 3.05) is 7.05 Å². The summed E-state index contributed by atoms with van der Waals surface area (Å²) in [6, 6.07) is 17.5. The molecule has 0 aromatic heterocycles. The summed E-state index contributed by atoms with van der Waals surface area (Å²) in [7, 11) is 1.88. The minimum Gasteiger partial charge on any atom is -0.358 e. The quantitative estimate of drug-likeness (QED) is 0.587. The lowest BCUT2D eigenvalue weighted by Gasteiger charge is -2.50. The lowest BCUT2D eigenvalue weighted by Crippen LogP contribution is -2.59. The van der Waals surface area contributed by atoms with Gasteiger partial charge in [0.2, 0.25) is 0 Å². The van der Waals surface area contributed by atoms with Crippen molar-refractivity contribution in [3.05, 3.63) is 94.0 Å². The van der Waals surface area contributed by atoms with Crippen molar-refractivity contribution in [2.45, 2.75) is 38.0 Å². The zero-order valence-corrected chi connectivity index (χ0v) is 18.6. The number of benzene rings is 2. The third-order valence-electron chi connectivity index (χ3n) is 6.11. The second kappa shape index (κ2) is 8.58. The molecular weight excluding hydrogens is 417 g/mol. The van der Waals surface area contributed by atoms with Gasteiger partial charge in [-0.3, -0.25) is 4.79 Å². The van der Waals surface area contributed by atoms with E-state index in [0.29, 0.717) is 11.4 Å². The van der Waals surface area contributed by atoms with E-state index >= 15 is 0 Å². The molecule has 0 bridgehead atoms. The van der Waals surface area contributed by atoms with E-state index in [2.05, 4.69) is 13.0 Å². The highest BCUT2D eigenvalue weighted by atomic mass is 35.5. The van der Waals surface area contributed by atoms with Gasteiger partial charge in [-0.05, 0) is 35.8 Å². The van der Waals surface area contributed by atoms with Crippen LogP contribution in [-0.2, 0) is 16.0 Å². The molecule has 2 aromatic rings. The van der Waals surface area contributed by atoms with Crippen molar-refractivity contribution in [1.29, 1.82) is 0 Å². The van der Waals surface area contributed by atoms with E-state index in [4.69, 9.17) is 27.9 Å². The van der Waals surface area contributed by atoms with Gasteiger partial charge in [-0.25, -0.2) is 0 Å². The lowest BCUT2D eigenvalue weighted by atomic mass is 9.72. The molecule has 2 aromatic carbocycles. The Hall–Kier alpha value is -2.07. The maximum atomic E-state index is 13.3. The number of hydrogen-bond donors (Lipinski definition) is 0. The number of halogens is 2. The number of rotatable bonds is 4. The Bertz CT molecular complexity index is 988. The maximum Gasteiger partial charge on any atom is 0.252 e. The maximum absolute atomic E-state index is 13.3. The Kier molecular flexibility index (Phi) is 6.06. The molecule has 1 heterocycles. The van der Waals surface area contributed by atoms with Gasteiger partial charge in [-0.15, -0.1) is 0 Å². The molecule has 156 valence electrons. The molecular formula is C25H25Cl2NO2. The Morgan fingerprint density at radius 3 is 2.57 bits per heavy atom. The molecule has 1 aliphatic carbocycles. The van der Waals surface area contributed by atoms with E-state index in [1.165, 1.54) is 0 Å². The van der Waals surface area contributed by atoms with Gasteiger partial charge in [0.25, 0.3) is 5.91 Å². The predicted molar refractivity (Wildman–Crippen MR) is 122 cm³/mol. The average Bonchev–Trinajstić information content (AvgIpc) is 2.74. The molecule has 4 rings (SSSR count). The van der Waals surface area contributed by atoms with Crippen LogP contribution in [0.3, 0.4) is 0 Å². The minimum absolute atomic E-state index is 0.00240. The second-order valence-corrected chi connectivity index (χ2v) is 9.19. The number of carbonyl (C=O) groups excluding carboxylic acids is 1. The van der Waals surface area contributed by atoms with Gasteiger partial charge in [-0.1, -0.05) is 84.7 Å². The molecule has 2 aliphatic rings. The van der Waals surface area contributed by atoms with E-state index in [-0.39, 0.29) is 23.5 Å². The zero-order chi connectivity index (χ0) is 21.3. The van der Waals surface area contributed by atoms with Gasteiger partial charge in [0.15, 0.2) is 0 Å². The van der Waals surface area contributed by atoms with Crippen LogP contribution in [-0.4, -0.2) is 30.0 Å². The van der Waals surface area contributed by atoms with Crippen molar-refractivity contribution in [2.24, 2.45) is 5.41 Å². The molecule has 0 N–H and O–H groups in total. The lowest BCUT2D eigenvalue weighted by molar-refractivity contribution is -0.178. The molecule has 1 unspecified atom stereocenters. The van der Waals surface area contributed by atoms with Crippen LogP contribution in [0.15, 0.2) is 77.9 Å². The number of ether oxygens (including phenoxy) is 1. The highest BCUT2D eigenvalue weighted by molar-refractivity contribution is 6.31. The predicted octanol–water partition coefficient (Wildman–Crippen LogP) is 5.94. The summed E-state index contributed by atoms with van der Waals surface area (Å²) in [6.45, 7) is 2.15. The van der Waals surface area contributed by atoms with E-state index in [9.17, 15) is 4.79 Å². The molecule has 5 heteroatoms. The first-order valence-corrected chi connectivity index (χ1v) is 10.9. The summed E-state index contributed by atoms with van der Waals surface area (Å²) in [5, 5.41) is 1.38. The summed E-state index contributed by atoms with van der Waals surface area (Å²) in [4.78, 5) is 15.2. The number of likely N-dealkylation sites (N-methyl/N-ethyl adjacent to an activating group) is 1. The highest BCUT2D eigenvalue weighted by Crippen LogP contribution is 2.46. The van der Waals surface area contributed by atoms with E-state index in [1.54, 1.807) is 0 Å². The average molecular weight is 442 g/mol. The molecule has 3 nitrogen and oxygen atoms in total. The largest absolute Gasteiger partial charge is 0.358 e. The van der Waals surface area contributed by atoms with Crippen molar-refractivity contribution < 1.29 is 9.53 Å². The van der Waals surface area contributed by atoms with Gasteiger partial charge in [-0.2, -0.15) is 0 Å². The fourth-order valence-electron chi connectivity index (χ4n) is 4.52. The SMILES string of the molecule is CN1C(=O)[C@H](Cc2ccccc2)O[C@@H](c2cccc(Cl)c2)[C@H]1C1(C)C=CC(Cl)=CC1. The summed E-state index contributed by atoms with van der Waals surface area (Å²) < 4.78 is 6.53. The second-order valence-electron chi connectivity index (χ2n) is 8.32. The van der Waals surface area contributed by atoms with Crippen LogP contribution in [0, 0.1) is 5.41 Å². The van der Waals surface area contributed by atoms with Gasteiger partial charge in [0.05, 0.1) is 6.04 Å². The topological polar surface area (TPSA) is 29.5 Å². The molecule has 4 atom stereocenters. The van der Waals surface area contributed by atoms with Gasteiger partial charge in [0.1, 0.15) is 12.2 Å². The van der Waals surface area contributed by atoms with Gasteiger partial charge in [0, 0.05) is 28.9 Å². The van der Waals surface area contributed by atoms with E-state index in [1.807, 2.05) is 78.7 Å². The first kappa shape index (κ1) is 21.2. The fourth-order valence-corrected chi connectivity index (χ4v) is 4.85. The van der Waals surface area contributed by atoms with Crippen LogP contribution in [0.4, 0.5) is 0 Å². The highest BCUT2D eigenvalue weighted by Gasteiger charge is 2.49. The van der Waals surface area contributed by atoms with Crippen molar-refractivity contribution >= 4 is 29.1 Å². The third-order valence-corrected chi connectivity index (χ3v) is 6.63. The summed E-state index contributed by atoms with van der Waals surface area (Å²) >= 11 is 12.5. The van der Waals surface area contributed by atoms with Crippen LogP contribution < -0.4 is 0 Å². The molecule has 0 radical (unpaired) electrons. The first-order valence-electron chi connectivity index (χ1n) is 10.1. The van der Waals surface area contributed by atoms with Gasteiger partial charge >= 0.3 is 0 Å². The smallest absolute Gasteiger partial charge is 0.252 e. The first-order chi connectivity index (χ1) is 14.4. The Labute approximate surface area is 187 Å². The Balaban J connectivity index is 1.72. The van der Waals surface area contributed by atoms with Crippen LogP contribution >= 0.6 is 23.2 Å². The normalized spacial score (nSPS) is 29.1. The molecule has 0 saturated carbocycles. The summed E-state index contributed by atoms with van der Waals surface area (Å²) in [6.07, 6.45) is 6.43. The Morgan fingerprint density at radius 2 is 1.90 bits per heavy atom. The van der Waals surface area contributed by atoms with Crippen molar-refractivity contribution in [1.82, 2.24) is 4.90 Å². The van der Waals surface area contributed by atoms with Crippen molar-refractivity contribution in [3.63, 3.8) is 0 Å². The van der Waals surface area contributed by atoms with Crippen LogP contribution in [0.5, 0.6) is 0 Å². The van der Waals surface area contributed by atoms with Crippen molar-refractivity contribution in [3.8, 4) is 0 Å². The number of hydrogen-bond acceptors (Lipinski definition) is 2. The van der Waals surface area contributed by atoms with Crippen LogP contribution in [0.25, 0.3) is 0 Å². The minimum atomic E-state index is -0.548. The number of amides is 1. The van der Waals surface area contributed by atoms with E-state index in [0.717, 1.165) is 22.6 Å². The number of carbonyl (C=O) groups is 1. The molecule has 30 heavy (non-hydrogen) atoms. The molecule has 1 amide bonds. The molecule has 1 aliphatic heterocycles. The summed E-state index contributed by atoms with van der Waals surface area (Å²) in [5.74, 6) is -0.00240. The molecule has 1 fully saturated rings. The third kappa shape index (κ3) is 4.20. The number of morpholine rings is 1. The monoisotopic (exact) mass is 441 g/mol. The van der Waals surface area contributed by atoms with Crippen LogP contribution in [0.2, 0.25) is 5.02 Å². The van der Waals surface area contributed by atoms with Crippen LogP contribution in [0.1, 0.15) is 30.6 Å². The summed E-state index contributed by atoms with van der Waals surface area (Å²) in [5.41, 5.74) is 1.74. The van der Waals surface area contributed by atoms with Gasteiger partial charge < -0.3 is 9.64 Å². The molecule has 0 spiro atoms. The zero-order valence-electron chi connectivity index (χ0n) is 17.1.